The molecule has 11 nitrogen and oxygen atoms in total. The first-order valence-corrected chi connectivity index (χ1v) is 23.2. The van der Waals surface area contributed by atoms with E-state index in [1.54, 1.807) is 10.8 Å². The third-order valence-corrected chi connectivity index (χ3v) is 12.0. The molecule has 0 fully saturated rings. The van der Waals surface area contributed by atoms with Crippen LogP contribution in [0.1, 0.15) is 47.9 Å². The Bertz CT molecular complexity index is 1770. The molecule has 0 bridgehead atoms. The first-order valence-electron chi connectivity index (χ1n) is 20.7. The summed E-state index contributed by atoms with van der Waals surface area (Å²) in [6, 6.07) is 24.6. The molecule has 0 aliphatic carbocycles. The lowest BCUT2D eigenvalue weighted by atomic mass is 10.1. The van der Waals surface area contributed by atoms with Crippen LogP contribution in [-0.2, 0) is 17.9 Å². The van der Waals surface area contributed by atoms with Crippen LogP contribution in [0.2, 0.25) is 0 Å². The van der Waals surface area contributed by atoms with E-state index in [0.717, 1.165) is 90.6 Å². The van der Waals surface area contributed by atoms with Crippen LogP contribution in [0.5, 0.6) is 0 Å². The van der Waals surface area contributed by atoms with Gasteiger partial charge in [-0.25, -0.2) is 9.13 Å². The molecular weight excluding hydrogens is 781 g/mol. The zero-order valence-electron chi connectivity index (χ0n) is 34.3. The van der Waals surface area contributed by atoms with Crippen LogP contribution >= 0.6 is 21.6 Å². The van der Waals surface area contributed by atoms with Crippen LogP contribution in [0.4, 0.5) is 11.4 Å². The molecule has 2 aromatic carbocycles. The Labute approximate surface area is 358 Å². The second kappa shape index (κ2) is 29.1. The fourth-order valence-corrected chi connectivity index (χ4v) is 8.33. The van der Waals surface area contributed by atoms with Gasteiger partial charge in [-0.15, -0.1) is 0 Å². The van der Waals surface area contributed by atoms with E-state index in [1.807, 2.05) is 57.0 Å². The average Bonchev–Trinajstić information content (AvgIpc) is 3.26. The van der Waals surface area contributed by atoms with E-state index < -0.39 is 0 Å². The minimum absolute atomic E-state index is 0.0465. The van der Waals surface area contributed by atoms with Crippen molar-refractivity contribution in [2.24, 2.45) is 0 Å². The molecule has 0 spiro atoms. The highest BCUT2D eigenvalue weighted by atomic mass is 33.1. The van der Waals surface area contributed by atoms with Gasteiger partial charge in [-0.05, 0) is 59.5 Å². The van der Waals surface area contributed by atoms with Gasteiger partial charge in [0.05, 0.1) is 26.4 Å². The van der Waals surface area contributed by atoms with Crippen molar-refractivity contribution in [2.45, 2.75) is 38.8 Å². The number of aryl methyl sites for hydroxylation is 2. The summed E-state index contributed by atoms with van der Waals surface area (Å²) in [5.74, 6) is 2.00. The van der Waals surface area contributed by atoms with Gasteiger partial charge in [0.2, 0.25) is 5.91 Å². The van der Waals surface area contributed by atoms with Crippen LogP contribution in [-0.4, -0.2) is 110 Å². The van der Waals surface area contributed by atoms with Crippen molar-refractivity contribution >= 4 is 63.2 Å². The smallest absolute Gasteiger partial charge is 0.220 e. The van der Waals surface area contributed by atoms with Crippen LogP contribution in [0.15, 0.2) is 97.6 Å². The summed E-state index contributed by atoms with van der Waals surface area (Å²) < 4.78 is 4.35. The Morgan fingerprint density at radius 2 is 0.915 bits per heavy atom. The molecule has 1 amide bonds. The molecule has 0 radical (unpaired) electrons. The summed E-state index contributed by atoms with van der Waals surface area (Å²) >= 11 is 0. The number of hydrogen-bond acceptors (Lipinski definition) is 10. The maximum Gasteiger partial charge on any atom is 0.220 e. The van der Waals surface area contributed by atoms with Gasteiger partial charge >= 0.3 is 0 Å². The van der Waals surface area contributed by atoms with Gasteiger partial charge in [-0.3, -0.25) is 4.79 Å². The Morgan fingerprint density at radius 3 is 1.36 bits per heavy atom. The Hall–Kier alpha value is -4.21. The van der Waals surface area contributed by atoms with Crippen molar-refractivity contribution in [2.75, 3.05) is 93.5 Å². The molecular formula is C46H64N6O5S2+2. The fraction of sp³-hybridized carbons (Fsp3) is 0.413. The molecule has 2 heterocycles. The molecule has 0 saturated carbocycles. The predicted octanol–water partition coefficient (Wildman–Crippen LogP) is 4.53. The van der Waals surface area contributed by atoms with Crippen LogP contribution in [0, 0.1) is 0 Å². The van der Waals surface area contributed by atoms with E-state index in [-0.39, 0.29) is 32.3 Å². The van der Waals surface area contributed by atoms with Crippen LogP contribution in [0.25, 0.3) is 24.3 Å². The second-order valence-electron chi connectivity index (χ2n) is 14.0. The first-order chi connectivity index (χ1) is 29.0. The molecule has 0 atom stereocenters. The van der Waals surface area contributed by atoms with Gasteiger partial charge in [0.1, 0.15) is 13.1 Å². The van der Waals surface area contributed by atoms with Crippen molar-refractivity contribution in [1.29, 1.82) is 0 Å². The molecule has 4 rings (SSSR count). The Kier molecular flexibility index (Phi) is 23.4. The van der Waals surface area contributed by atoms with E-state index in [2.05, 4.69) is 105 Å². The van der Waals surface area contributed by atoms with E-state index in [4.69, 9.17) is 0 Å². The number of pyridine rings is 2. The fourth-order valence-electron chi connectivity index (χ4n) is 6.26. The highest BCUT2D eigenvalue weighted by molar-refractivity contribution is 8.76. The van der Waals surface area contributed by atoms with Crippen molar-refractivity contribution in [3.63, 3.8) is 0 Å². The third kappa shape index (κ3) is 19.2. The zero-order chi connectivity index (χ0) is 41.8. The Balaban J connectivity index is 0.962. The molecule has 2 aromatic heterocycles. The Morgan fingerprint density at radius 1 is 0.525 bits per heavy atom. The summed E-state index contributed by atoms with van der Waals surface area (Å²) in [5, 5.41) is 43.7. The molecule has 0 aliphatic rings. The molecule has 6 N–H and O–H groups in total. The number of benzene rings is 2. The molecule has 0 saturated heterocycles. The quantitative estimate of drug-likeness (QED) is 0.0253. The monoisotopic (exact) mass is 844 g/mol. The van der Waals surface area contributed by atoms with Crippen molar-refractivity contribution < 1.29 is 34.4 Å². The topological polar surface area (TPSA) is 136 Å². The van der Waals surface area contributed by atoms with Gasteiger partial charge in [-0.1, -0.05) is 70.2 Å². The van der Waals surface area contributed by atoms with E-state index in [1.165, 1.54) is 0 Å². The van der Waals surface area contributed by atoms with E-state index >= 15 is 0 Å². The van der Waals surface area contributed by atoms with Crippen LogP contribution < -0.4 is 29.6 Å². The number of aliphatic hydroxyl groups is 4. The number of amides is 1. The summed E-state index contributed by atoms with van der Waals surface area (Å²) in [5.41, 5.74) is 6.40. The summed E-state index contributed by atoms with van der Waals surface area (Å²) in [7, 11) is 3.62. The van der Waals surface area contributed by atoms with E-state index in [9.17, 15) is 25.2 Å². The van der Waals surface area contributed by atoms with Crippen LogP contribution in [0.3, 0.4) is 0 Å². The minimum Gasteiger partial charge on any atom is -0.395 e. The molecule has 4 aromatic rings. The highest BCUT2D eigenvalue weighted by Gasteiger charge is 2.08. The van der Waals surface area contributed by atoms with Crippen molar-refractivity contribution in [1.82, 2.24) is 10.6 Å². The number of hydrogen-bond donors (Lipinski definition) is 6. The van der Waals surface area contributed by atoms with Gasteiger partial charge in [0.15, 0.2) is 24.8 Å². The van der Waals surface area contributed by atoms with Crippen molar-refractivity contribution in [3.05, 3.63) is 120 Å². The molecule has 13 heteroatoms. The number of aromatic nitrogens is 2. The first kappa shape index (κ1) is 47.5. The lowest BCUT2D eigenvalue weighted by Gasteiger charge is -2.22. The maximum absolute atomic E-state index is 12.3. The van der Waals surface area contributed by atoms with Gasteiger partial charge in [0.25, 0.3) is 0 Å². The number of carbonyl (C=O) groups excluding carboxylic acids is 1. The second-order valence-corrected chi connectivity index (χ2v) is 16.7. The number of nitrogens with zero attached hydrogens (tertiary/aromatic N) is 4. The number of carbonyl (C=O) groups is 1. The third-order valence-electron chi connectivity index (χ3n) is 9.53. The number of nitrogens with one attached hydrogen (secondary N) is 2. The van der Waals surface area contributed by atoms with Gasteiger partial charge < -0.3 is 40.9 Å². The molecule has 0 aliphatic heterocycles. The number of aliphatic hydroxyl groups excluding tert-OH is 4. The maximum atomic E-state index is 12.3. The number of anilines is 2. The average molecular weight is 845 g/mol. The summed E-state index contributed by atoms with van der Waals surface area (Å²) in [4.78, 5) is 16.2. The van der Waals surface area contributed by atoms with Gasteiger partial charge in [-0.2, -0.15) is 0 Å². The predicted molar refractivity (Wildman–Crippen MR) is 246 cm³/mol. The standard InChI is InChI=1S/C46H63N6O5S2/c53-34-30-51(31-35-54)44-12-8-40(9-13-44)4-6-42-16-26-49(27-17-42)24-1-21-47-22-3-38-58-59-39-20-46(57)48-23-2-25-50-28-18-43(19-29-50)7-5-41-10-14-45(15-11-41)52(32-36-55)33-37-56/h4-19,26-29,47,53-56H,1-3,20-25,30-39H2/q+1/p+1. The molecule has 318 valence electrons. The summed E-state index contributed by atoms with van der Waals surface area (Å²) in [6.45, 7) is 6.63. The summed E-state index contributed by atoms with van der Waals surface area (Å²) in [6.07, 6.45) is 20.3. The largest absolute Gasteiger partial charge is 0.395 e. The van der Waals surface area contributed by atoms with Crippen molar-refractivity contribution in [3.8, 4) is 0 Å². The molecule has 0 unspecified atom stereocenters. The lowest BCUT2D eigenvalue weighted by Crippen LogP contribution is -2.35. The highest BCUT2D eigenvalue weighted by Crippen LogP contribution is 2.22. The molecule has 59 heavy (non-hydrogen) atoms. The van der Waals surface area contributed by atoms with Gasteiger partial charge in [0, 0.05) is 106 Å². The number of rotatable bonds is 30. The normalized spacial score (nSPS) is 11.5. The zero-order valence-corrected chi connectivity index (χ0v) is 35.9. The van der Waals surface area contributed by atoms with E-state index in [0.29, 0.717) is 39.1 Å². The lowest BCUT2D eigenvalue weighted by molar-refractivity contribution is -0.697. The SMILES string of the molecule is O=C(CCSSCCCNCCC[n+]1ccc(/C=C/c2ccc(N(CCO)CCO)cc2)cc1)NCCC[n+]1ccc(/C=C/c2ccc(N(CCO)CCO)cc2)cc1. The minimum atomic E-state index is 0.0465.